The van der Waals surface area contributed by atoms with E-state index in [0.29, 0.717) is 24.3 Å². The molecule has 1 unspecified atom stereocenters. The van der Waals surface area contributed by atoms with Crippen molar-refractivity contribution < 1.29 is 18.8 Å². The number of halogens is 1. The van der Waals surface area contributed by atoms with Crippen LogP contribution >= 0.6 is 0 Å². The molecule has 10 heteroatoms. The number of hydrogen-bond acceptors (Lipinski definition) is 6. The Bertz CT molecular complexity index is 1390. The van der Waals surface area contributed by atoms with Crippen molar-refractivity contribution >= 4 is 29.1 Å². The van der Waals surface area contributed by atoms with Gasteiger partial charge >= 0.3 is 0 Å². The first kappa shape index (κ1) is 22.7. The monoisotopic (exact) mass is 490 g/mol. The maximum absolute atomic E-state index is 14.6. The molecule has 2 saturated heterocycles. The maximum atomic E-state index is 14.6. The Balaban J connectivity index is 1.17. The van der Waals surface area contributed by atoms with Crippen LogP contribution in [0.2, 0.25) is 0 Å². The Kier molecular flexibility index (Phi) is 5.48. The molecule has 1 atom stereocenters. The van der Waals surface area contributed by atoms with Gasteiger partial charge in [-0.25, -0.2) is 9.37 Å². The number of piperidine rings is 1. The van der Waals surface area contributed by atoms with Gasteiger partial charge in [-0.15, -0.1) is 0 Å². The lowest BCUT2D eigenvalue weighted by Gasteiger charge is -2.37. The minimum atomic E-state index is -0.718. The molecule has 186 valence electrons. The Morgan fingerprint density at radius 3 is 2.69 bits per heavy atom. The smallest absolute Gasteiger partial charge is 0.255 e. The largest absolute Gasteiger partial charge is 0.369 e. The van der Waals surface area contributed by atoms with E-state index in [4.69, 9.17) is 0 Å². The summed E-state index contributed by atoms with van der Waals surface area (Å²) in [5.41, 5.74) is 4.98. The second kappa shape index (κ2) is 8.70. The van der Waals surface area contributed by atoms with Crippen LogP contribution in [0.4, 0.5) is 10.1 Å². The first-order valence-corrected chi connectivity index (χ1v) is 12.2. The van der Waals surface area contributed by atoms with Crippen molar-refractivity contribution in [2.24, 2.45) is 0 Å². The summed E-state index contributed by atoms with van der Waals surface area (Å²) in [7, 11) is 0. The highest BCUT2D eigenvalue weighted by Crippen LogP contribution is 2.35. The van der Waals surface area contributed by atoms with Crippen LogP contribution in [-0.4, -0.2) is 69.1 Å². The van der Waals surface area contributed by atoms with Crippen LogP contribution in [0.1, 0.15) is 40.0 Å². The molecule has 0 radical (unpaired) electrons. The highest BCUT2D eigenvalue weighted by atomic mass is 19.1. The fourth-order valence-electron chi connectivity index (χ4n) is 5.52. The van der Waals surface area contributed by atoms with Gasteiger partial charge in [0.15, 0.2) is 0 Å². The first-order chi connectivity index (χ1) is 17.4. The predicted octanol–water partition coefficient (Wildman–Crippen LogP) is 1.87. The zero-order valence-electron chi connectivity index (χ0n) is 20.0. The van der Waals surface area contributed by atoms with Crippen LogP contribution in [-0.2, 0) is 22.7 Å². The van der Waals surface area contributed by atoms with E-state index in [2.05, 4.69) is 36.6 Å². The van der Waals surface area contributed by atoms with E-state index in [1.165, 1.54) is 22.6 Å². The van der Waals surface area contributed by atoms with Gasteiger partial charge in [0.25, 0.3) is 5.91 Å². The Hall–Kier alpha value is -3.79. The number of nitrogens with one attached hydrogen (secondary N) is 1. The molecular formula is C26H27FN6O3. The highest BCUT2D eigenvalue weighted by molar-refractivity contribution is 6.06. The third-order valence-electron chi connectivity index (χ3n) is 7.44. The van der Waals surface area contributed by atoms with Gasteiger partial charge < -0.3 is 14.2 Å². The molecule has 0 bridgehead atoms. The van der Waals surface area contributed by atoms with Gasteiger partial charge in [0, 0.05) is 68.7 Å². The molecular weight excluding hydrogens is 463 g/mol. The molecule has 3 amide bonds. The van der Waals surface area contributed by atoms with E-state index in [9.17, 15) is 18.8 Å². The number of anilines is 1. The number of nitrogens with zero attached hydrogens (tertiary/aromatic N) is 5. The van der Waals surface area contributed by atoms with E-state index >= 15 is 0 Å². The molecule has 5 heterocycles. The highest BCUT2D eigenvalue weighted by Gasteiger charge is 2.41. The van der Waals surface area contributed by atoms with Gasteiger partial charge in [0.2, 0.25) is 11.8 Å². The molecule has 6 rings (SSSR count). The van der Waals surface area contributed by atoms with Gasteiger partial charge in [-0.1, -0.05) is 0 Å². The van der Waals surface area contributed by atoms with E-state index in [1.807, 2.05) is 19.3 Å². The van der Waals surface area contributed by atoms with Crippen LogP contribution in [0.5, 0.6) is 0 Å². The minimum Gasteiger partial charge on any atom is -0.369 e. The zero-order chi connectivity index (χ0) is 25.0. The maximum Gasteiger partial charge on any atom is 0.255 e. The Labute approximate surface area is 207 Å². The molecule has 0 spiro atoms. The summed E-state index contributed by atoms with van der Waals surface area (Å²) >= 11 is 0. The van der Waals surface area contributed by atoms with Gasteiger partial charge in [-0.05, 0) is 43.2 Å². The number of amides is 3. The first-order valence-electron chi connectivity index (χ1n) is 12.2. The third-order valence-corrected chi connectivity index (χ3v) is 7.44. The number of carbonyl (C=O) groups excluding carboxylic acids is 3. The second-order valence-corrected chi connectivity index (χ2v) is 9.80. The summed E-state index contributed by atoms with van der Waals surface area (Å²) in [6.07, 6.45) is 4.43. The van der Waals surface area contributed by atoms with E-state index in [1.54, 1.807) is 0 Å². The molecule has 9 nitrogen and oxygen atoms in total. The normalized spacial score (nSPS) is 20.8. The average molecular weight is 491 g/mol. The SMILES string of the molecule is Cc1ccn2c(CN3CCN(c4cc(F)cc5c4CN(C4CCC(=O)NC4=O)C5=O)CC3)cnc2c1. The lowest BCUT2D eigenvalue weighted by molar-refractivity contribution is -0.136. The van der Waals surface area contributed by atoms with Crippen LogP contribution in [0, 0.1) is 12.7 Å². The van der Waals surface area contributed by atoms with Gasteiger partial charge in [0.05, 0.1) is 11.9 Å². The van der Waals surface area contributed by atoms with Gasteiger partial charge in [0.1, 0.15) is 17.5 Å². The molecule has 1 N–H and O–H groups in total. The van der Waals surface area contributed by atoms with Gasteiger partial charge in [-0.3, -0.25) is 24.6 Å². The number of piperazine rings is 1. The van der Waals surface area contributed by atoms with Crippen molar-refractivity contribution in [3.05, 3.63) is 64.9 Å². The van der Waals surface area contributed by atoms with Crippen LogP contribution in [0.3, 0.4) is 0 Å². The molecule has 0 aliphatic carbocycles. The second-order valence-electron chi connectivity index (χ2n) is 9.80. The number of carbonyl (C=O) groups is 3. The van der Waals surface area contributed by atoms with Crippen molar-refractivity contribution in [1.29, 1.82) is 0 Å². The topological polar surface area (TPSA) is 90.3 Å². The number of imide groups is 1. The van der Waals surface area contributed by atoms with E-state index in [-0.39, 0.29) is 31.2 Å². The molecule has 3 aliphatic rings. The molecule has 36 heavy (non-hydrogen) atoms. The molecule has 3 aromatic rings. The summed E-state index contributed by atoms with van der Waals surface area (Å²) in [5, 5.41) is 2.31. The van der Waals surface area contributed by atoms with Crippen LogP contribution < -0.4 is 10.2 Å². The number of hydrogen-bond donors (Lipinski definition) is 1. The van der Waals surface area contributed by atoms with Crippen molar-refractivity contribution in [2.75, 3.05) is 31.1 Å². The summed E-state index contributed by atoms with van der Waals surface area (Å²) in [5.74, 6) is -1.62. The standard InChI is InChI=1S/C26H27FN6O3/c1-16-4-5-32-18(13-28-23(32)10-16)14-30-6-8-31(9-7-30)22-12-17(27)11-19-20(22)15-33(26(19)36)21-2-3-24(34)29-25(21)35/h4-5,10-13,21H,2-3,6-9,14-15H2,1H3,(H,29,34,35). The lowest BCUT2D eigenvalue weighted by atomic mass is 10.0. The predicted molar refractivity (Wildman–Crippen MR) is 130 cm³/mol. The fraction of sp³-hybridized carbons (Fsp3) is 0.385. The van der Waals surface area contributed by atoms with Crippen molar-refractivity contribution in [3.63, 3.8) is 0 Å². The number of rotatable bonds is 4. The number of imidazole rings is 1. The fourth-order valence-corrected chi connectivity index (χ4v) is 5.52. The van der Waals surface area contributed by atoms with Crippen LogP contribution in [0.15, 0.2) is 36.7 Å². The lowest BCUT2D eigenvalue weighted by Crippen LogP contribution is -2.52. The summed E-state index contributed by atoms with van der Waals surface area (Å²) < 4.78 is 16.7. The minimum absolute atomic E-state index is 0.186. The quantitative estimate of drug-likeness (QED) is 0.562. The zero-order valence-corrected chi connectivity index (χ0v) is 20.0. The Morgan fingerprint density at radius 1 is 1.11 bits per heavy atom. The summed E-state index contributed by atoms with van der Waals surface area (Å²) in [6.45, 7) is 6.01. The third kappa shape index (κ3) is 3.91. The average Bonchev–Trinajstić information content (AvgIpc) is 3.39. The number of benzene rings is 1. The van der Waals surface area contributed by atoms with Crippen molar-refractivity contribution in [1.82, 2.24) is 24.5 Å². The number of fused-ring (bicyclic) bond motifs is 2. The number of aromatic nitrogens is 2. The number of pyridine rings is 1. The molecule has 2 fully saturated rings. The van der Waals surface area contributed by atoms with Crippen molar-refractivity contribution in [2.45, 2.75) is 38.9 Å². The van der Waals surface area contributed by atoms with E-state index in [0.717, 1.165) is 36.5 Å². The molecule has 3 aliphatic heterocycles. The number of aryl methyl sites for hydroxylation is 1. The molecule has 1 aromatic carbocycles. The summed E-state index contributed by atoms with van der Waals surface area (Å²) in [4.78, 5) is 47.5. The molecule has 0 saturated carbocycles. The molecule has 2 aromatic heterocycles. The Morgan fingerprint density at radius 2 is 1.92 bits per heavy atom. The van der Waals surface area contributed by atoms with Crippen molar-refractivity contribution in [3.8, 4) is 0 Å². The van der Waals surface area contributed by atoms with Crippen LogP contribution in [0.25, 0.3) is 5.65 Å². The van der Waals surface area contributed by atoms with Gasteiger partial charge in [-0.2, -0.15) is 0 Å². The van der Waals surface area contributed by atoms with E-state index < -0.39 is 17.8 Å². The summed E-state index contributed by atoms with van der Waals surface area (Å²) in [6, 6.07) is 6.16.